The molecule has 1 unspecified atom stereocenters. The predicted molar refractivity (Wildman–Crippen MR) is 100 cm³/mol. The zero-order chi connectivity index (χ0) is 17.4. The lowest BCUT2D eigenvalue weighted by Gasteiger charge is -2.17. The van der Waals surface area contributed by atoms with Crippen molar-refractivity contribution >= 4 is 23.4 Å². The monoisotopic (exact) mass is 350 g/mol. The van der Waals surface area contributed by atoms with Crippen LogP contribution in [0.15, 0.2) is 35.0 Å². The lowest BCUT2D eigenvalue weighted by molar-refractivity contribution is 0.0391. The van der Waals surface area contributed by atoms with E-state index in [9.17, 15) is 5.11 Å². The lowest BCUT2D eigenvalue weighted by atomic mass is 9.91. The molecule has 4 nitrogen and oxygen atoms in total. The molecule has 0 spiro atoms. The van der Waals surface area contributed by atoms with Crippen LogP contribution in [0.5, 0.6) is 0 Å². The second-order valence-corrected chi connectivity index (χ2v) is 6.92. The van der Waals surface area contributed by atoms with E-state index < -0.39 is 6.10 Å². The standard InChI is InChI=1S/C19H27ClN2O2/c1-14(2)21-12-18(23)13-24-22-19-6-4-3-5-16(19)11-15-7-9-17(20)10-8-15/h7-11,14,18,21,23H,3-6,12-13H2,1-2H3/b16-11+,22-19+. The van der Waals surface area contributed by atoms with Crippen LogP contribution in [0.4, 0.5) is 0 Å². The summed E-state index contributed by atoms with van der Waals surface area (Å²) in [7, 11) is 0. The number of hydrogen-bond acceptors (Lipinski definition) is 4. The number of hydrogen-bond donors (Lipinski definition) is 2. The molecule has 5 heteroatoms. The van der Waals surface area contributed by atoms with Crippen molar-refractivity contribution in [2.45, 2.75) is 51.7 Å². The largest absolute Gasteiger partial charge is 0.393 e. The van der Waals surface area contributed by atoms with Crippen LogP contribution in [0.3, 0.4) is 0 Å². The van der Waals surface area contributed by atoms with Gasteiger partial charge in [-0.25, -0.2) is 0 Å². The molecule has 0 radical (unpaired) electrons. The van der Waals surface area contributed by atoms with Gasteiger partial charge in [-0.1, -0.05) is 42.7 Å². The summed E-state index contributed by atoms with van der Waals surface area (Å²) in [5, 5.41) is 18.1. The molecule has 1 aliphatic carbocycles. The van der Waals surface area contributed by atoms with Gasteiger partial charge in [0.15, 0.2) is 0 Å². The SMILES string of the molecule is CC(C)NCC(O)CO/N=C1\CCCC\C1=C/c1ccc(Cl)cc1. The van der Waals surface area contributed by atoms with Crippen LogP contribution >= 0.6 is 11.6 Å². The molecule has 1 atom stereocenters. The van der Waals surface area contributed by atoms with Crippen LogP contribution in [0.25, 0.3) is 6.08 Å². The molecule has 1 aromatic carbocycles. The third-order valence-corrected chi connectivity index (χ3v) is 4.15. The Hall–Kier alpha value is -1.36. The van der Waals surface area contributed by atoms with Crippen molar-refractivity contribution in [3.8, 4) is 0 Å². The number of nitrogens with one attached hydrogen (secondary N) is 1. The number of aliphatic hydroxyl groups is 1. The molecule has 0 saturated heterocycles. The van der Waals surface area contributed by atoms with Crippen LogP contribution < -0.4 is 5.32 Å². The highest BCUT2D eigenvalue weighted by Crippen LogP contribution is 2.24. The van der Waals surface area contributed by atoms with Crippen LogP contribution in [-0.2, 0) is 4.84 Å². The van der Waals surface area contributed by atoms with E-state index in [2.05, 4.69) is 16.5 Å². The zero-order valence-corrected chi connectivity index (χ0v) is 15.2. The van der Waals surface area contributed by atoms with Crippen LogP contribution in [0.2, 0.25) is 5.02 Å². The molecule has 1 aliphatic rings. The lowest BCUT2D eigenvalue weighted by Crippen LogP contribution is -2.34. The molecule has 132 valence electrons. The minimum Gasteiger partial charge on any atom is -0.393 e. The van der Waals surface area contributed by atoms with E-state index in [1.165, 1.54) is 12.0 Å². The average molecular weight is 351 g/mol. The van der Waals surface area contributed by atoms with Gasteiger partial charge in [0, 0.05) is 17.6 Å². The Labute approximate surface area is 149 Å². The highest BCUT2D eigenvalue weighted by Gasteiger charge is 2.14. The average Bonchev–Trinajstić information content (AvgIpc) is 2.56. The Bertz CT molecular complexity index is 567. The van der Waals surface area contributed by atoms with Gasteiger partial charge in [-0.3, -0.25) is 0 Å². The van der Waals surface area contributed by atoms with E-state index >= 15 is 0 Å². The summed E-state index contributed by atoms with van der Waals surface area (Å²) >= 11 is 5.93. The maximum absolute atomic E-state index is 9.87. The Morgan fingerprint density at radius 2 is 1.96 bits per heavy atom. The van der Waals surface area contributed by atoms with E-state index in [1.54, 1.807) is 0 Å². The molecular weight excluding hydrogens is 324 g/mol. The van der Waals surface area contributed by atoms with Crippen molar-refractivity contribution in [3.05, 3.63) is 40.4 Å². The second-order valence-electron chi connectivity index (χ2n) is 6.48. The van der Waals surface area contributed by atoms with Gasteiger partial charge in [-0.2, -0.15) is 0 Å². The van der Waals surface area contributed by atoms with Crippen LogP contribution in [0, 0.1) is 0 Å². The number of oxime groups is 1. The summed E-state index contributed by atoms with van der Waals surface area (Å²) in [6.07, 6.45) is 5.80. The summed E-state index contributed by atoms with van der Waals surface area (Å²) < 4.78 is 0. The quantitative estimate of drug-likeness (QED) is 0.730. The molecule has 0 amide bonds. The summed E-state index contributed by atoms with van der Waals surface area (Å²) in [5.74, 6) is 0. The fourth-order valence-electron chi connectivity index (χ4n) is 2.56. The topological polar surface area (TPSA) is 53.8 Å². The van der Waals surface area contributed by atoms with Gasteiger partial charge in [0.2, 0.25) is 0 Å². The first-order valence-corrected chi connectivity index (χ1v) is 8.99. The minimum absolute atomic E-state index is 0.206. The van der Waals surface area contributed by atoms with Crippen molar-refractivity contribution in [3.63, 3.8) is 0 Å². The Kier molecular flexibility index (Phi) is 7.76. The van der Waals surface area contributed by atoms with E-state index in [-0.39, 0.29) is 6.61 Å². The molecule has 1 fully saturated rings. The van der Waals surface area contributed by atoms with Gasteiger partial charge in [-0.15, -0.1) is 0 Å². The van der Waals surface area contributed by atoms with Crippen molar-refractivity contribution in [1.29, 1.82) is 0 Å². The number of rotatable bonds is 7. The molecule has 1 aromatic rings. The maximum atomic E-state index is 9.87. The second kappa shape index (κ2) is 9.82. The number of halogens is 1. The number of allylic oxidation sites excluding steroid dienone is 1. The number of benzene rings is 1. The van der Waals surface area contributed by atoms with Crippen LogP contribution in [-0.4, -0.2) is 36.1 Å². The normalized spacial score (nSPS) is 19.9. The Balaban J connectivity index is 1.94. The van der Waals surface area contributed by atoms with Gasteiger partial charge in [0.05, 0.1) is 5.71 Å². The van der Waals surface area contributed by atoms with Crippen molar-refractivity contribution in [2.24, 2.45) is 5.16 Å². The van der Waals surface area contributed by atoms with Crippen molar-refractivity contribution in [2.75, 3.05) is 13.2 Å². The first-order valence-electron chi connectivity index (χ1n) is 8.61. The zero-order valence-electron chi connectivity index (χ0n) is 14.5. The Morgan fingerprint density at radius 3 is 2.67 bits per heavy atom. The van der Waals surface area contributed by atoms with Gasteiger partial charge in [0.1, 0.15) is 12.7 Å². The first kappa shape index (κ1) is 19.0. The highest BCUT2D eigenvalue weighted by atomic mass is 35.5. The van der Waals surface area contributed by atoms with E-state index in [1.807, 2.05) is 38.1 Å². The Morgan fingerprint density at radius 1 is 1.25 bits per heavy atom. The third kappa shape index (κ3) is 6.63. The molecule has 2 N–H and O–H groups in total. The van der Waals surface area contributed by atoms with E-state index in [4.69, 9.17) is 16.4 Å². The molecule has 0 bridgehead atoms. The molecule has 0 heterocycles. The number of aliphatic hydroxyl groups excluding tert-OH is 1. The van der Waals surface area contributed by atoms with Gasteiger partial charge in [-0.05, 0) is 55.0 Å². The van der Waals surface area contributed by atoms with Gasteiger partial charge in [0.25, 0.3) is 0 Å². The summed E-state index contributed by atoms with van der Waals surface area (Å²) in [5.41, 5.74) is 3.31. The fourth-order valence-corrected chi connectivity index (χ4v) is 2.69. The summed E-state index contributed by atoms with van der Waals surface area (Å²) in [4.78, 5) is 5.39. The predicted octanol–water partition coefficient (Wildman–Crippen LogP) is 4.03. The van der Waals surface area contributed by atoms with Crippen molar-refractivity contribution in [1.82, 2.24) is 5.32 Å². The molecular formula is C19H27ClN2O2. The molecule has 2 rings (SSSR count). The van der Waals surface area contributed by atoms with Crippen molar-refractivity contribution < 1.29 is 9.94 Å². The number of nitrogens with zero attached hydrogens (tertiary/aromatic N) is 1. The molecule has 0 aromatic heterocycles. The summed E-state index contributed by atoms with van der Waals surface area (Å²) in [6, 6.07) is 8.14. The smallest absolute Gasteiger partial charge is 0.144 e. The van der Waals surface area contributed by atoms with E-state index in [0.29, 0.717) is 12.6 Å². The van der Waals surface area contributed by atoms with Gasteiger partial charge >= 0.3 is 0 Å². The molecule has 1 saturated carbocycles. The van der Waals surface area contributed by atoms with Crippen LogP contribution in [0.1, 0.15) is 45.1 Å². The highest BCUT2D eigenvalue weighted by molar-refractivity contribution is 6.30. The molecule has 24 heavy (non-hydrogen) atoms. The van der Waals surface area contributed by atoms with E-state index in [0.717, 1.165) is 35.6 Å². The third-order valence-electron chi connectivity index (χ3n) is 3.89. The molecule has 0 aliphatic heterocycles. The maximum Gasteiger partial charge on any atom is 0.144 e. The van der Waals surface area contributed by atoms with Gasteiger partial charge < -0.3 is 15.3 Å². The first-order chi connectivity index (χ1) is 11.5. The summed E-state index contributed by atoms with van der Waals surface area (Å²) in [6.45, 7) is 4.81. The minimum atomic E-state index is -0.552. The fraction of sp³-hybridized carbons (Fsp3) is 0.526.